The van der Waals surface area contributed by atoms with Crippen molar-refractivity contribution in [2.24, 2.45) is 16.7 Å². The van der Waals surface area contributed by atoms with Crippen LogP contribution in [0.25, 0.3) is 0 Å². The Morgan fingerprint density at radius 1 is 1.17 bits per heavy atom. The number of hydrogen-bond acceptors (Lipinski definition) is 1. The van der Waals surface area contributed by atoms with E-state index in [1.54, 1.807) is 0 Å². The first-order chi connectivity index (χ1) is 8.53. The molecule has 3 rings (SSSR count). The monoisotopic (exact) mass is 260 g/mol. The van der Waals surface area contributed by atoms with E-state index in [0.717, 1.165) is 11.2 Å². The molecule has 0 spiro atoms. The van der Waals surface area contributed by atoms with Gasteiger partial charge in [0.05, 0.1) is 0 Å². The van der Waals surface area contributed by atoms with Crippen molar-refractivity contribution >= 4 is 11.8 Å². The van der Waals surface area contributed by atoms with Gasteiger partial charge in [-0.3, -0.25) is 0 Å². The van der Waals surface area contributed by atoms with Crippen LogP contribution in [-0.4, -0.2) is 11.0 Å². The second-order valence-corrected chi connectivity index (χ2v) is 8.19. The molecule has 2 fully saturated rings. The summed E-state index contributed by atoms with van der Waals surface area (Å²) >= 11 is 2.24. The predicted molar refractivity (Wildman–Crippen MR) is 81.0 cm³/mol. The van der Waals surface area contributed by atoms with Gasteiger partial charge in [-0.1, -0.05) is 51.1 Å². The van der Waals surface area contributed by atoms with Gasteiger partial charge >= 0.3 is 0 Å². The Bertz CT molecular complexity index is 422. The van der Waals surface area contributed by atoms with Crippen LogP contribution in [0.1, 0.15) is 39.2 Å². The molecular weight excluding hydrogens is 236 g/mol. The highest BCUT2D eigenvalue weighted by atomic mass is 32.2. The average Bonchev–Trinajstić information content (AvgIpc) is 2.50. The minimum absolute atomic E-state index is 0.525. The van der Waals surface area contributed by atoms with Gasteiger partial charge in [0.25, 0.3) is 0 Å². The largest absolute Gasteiger partial charge is 0.157 e. The van der Waals surface area contributed by atoms with Gasteiger partial charge in [0.2, 0.25) is 0 Å². The Morgan fingerprint density at radius 3 is 2.61 bits per heavy atom. The van der Waals surface area contributed by atoms with Gasteiger partial charge in [-0.05, 0) is 47.3 Å². The van der Waals surface area contributed by atoms with Crippen LogP contribution < -0.4 is 0 Å². The highest BCUT2D eigenvalue weighted by molar-refractivity contribution is 8.00. The summed E-state index contributed by atoms with van der Waals surface area (Å²) in [6.07, 6.45) is 4.13. The Labute approximate surface area is 116 Å². The molecule has 1 heteroatoms. The highest BCUT2D eigenvalue weighted by Crippen LogP contribution is 2.63. The molecule has 1 saturated carbocycles. The fourth-order valence-corrected chi connectivity index (χ4v) is 6.09. The van der Waals surface area contributed by atoms with E-state index in [2.05, 4.69) is 62.9 Å². The third kappa shape index (κ3) is 1.82. The first-order valence-corrected chi connectivity index (χ1v) is 8.23. The molecule has 0 unspecified atom stereocenters. The van der Waals surface area contributed by atoms with E-state index in [-0.39, 0.29) is 0 Å². The van der Waals surface area contributed by atoms with E-state index >= 15 is 0 Å². The number of thioether (sulfide) groups is 1. The first-order valence-electron chi connectivity index (χ1n) is 7.18. The Kier molecular flexibility index (Phi) is 3.01. The van der Waals surface area contributed by atoms with Gasteiger partial charge in [0.15, 0.2) is 0 Å². The normalized spacial score (nSPS) is 37.7. The second-order valence-electron chi connectivity index (χ2n) is 6.97. The zero-order valence-corrected chi connectivity index (χ0v) is 12.6. The molecular formula is C17H24S. The molecule has 0 N–H and O–H groups in total. The van der Waals surface area contributed by atoms with Crippen LogP contribution in [0.3, 0.4) is 0 Å². The lowest BCUT2D eigenvalue weighted by molar-refractivity contribution is 0.101. The van der Waals surface area contributed by atoms with Crippen molar-refractivity contribution in [2.45, 2.75) is 45.3 Å². The third-order valence-corrected chi connectivity index (χ3v) is 7.56. The molecule has 0 aromatic heterocycles. The quantitative estimate of drug-likeness (QED) is 0.737. The predicted octanol–water partition coefficient (Wildman–Crippen LogP) is 4.79. The van der Waals surface area contributed by atoms with Gasteiger partial charge in [0.1, 0.15) is 0 Å². The van der Waals surface area contributed by atoms with Crippen LogP contribution in [0.15, 0.2) is 30.3 Å². The molecule has 2 aliphatic rings. The summed E-state index contributed by atoms with van der Waals surface area (Å²) in [7, 11) is 0. The molecule has 0 radical (unpaired) electrons. The van der Waals surface area contributed by atoms with E-state index in [1.807, 2.05) is 0 Å². The van der Waals surface area contributed by atoms with Crippen molar-refractivity contribution in [3.8, 4) is 0 Å². The minimum atomic E-state index is 0.525. The molecule has 18 heavy (non-hydrogen) atoms. The second kappa shape index (κ2) is 4.30. The SMILES string of the molecule is CC1(C)[C@@H]2CC[C@@]1(C)CS[C@@H]2Cc1ccccc1. The molecule has 3 atom stereocenters. The number of benzene rings is 1. The molecule has 0 amide bonds. The van der Waals surface area contributed by atoms with Crippen molar-refractivity contribution in [3.05, 3.63) is 35.9 Å². The highest BCUT2D eigenvalue weighted by Gasteiger charge is 2.56. The molecule has 1 aromatic carbocycles. The molecule has 1 saturated heterocycles. The van der Waals surface area contributed by atoms with Crippen molar-refractivity contribution in [3.63, 3.8) is 0 Å². The number of hydrogen-bond donors (Lipinski definition) is 0. The van der Waals surface area contributed by atoms with Gasteiger partial charge in [-0.2, -0.15) is 11.8 Å². The third-order valence-electron chi connectivity index (χ3n) is 5.83. The maximum absolute atomic E-state index is 2.52. The van der Waals surface area contributed by atoms with Gasteiger partial charge < -0.3 is 0 Å². The zero-order chi connectivity index (χ0) is 12.8. The van der Waals surface area contributed by atoms with Crippen molar-refractivity contribution in [1.82, 2.24) is 0 Å². The topological polar surface area (TPSA) is 0 Å². The summed E-state index contributed by atoms with van der Waals surface area (Å²) in [6, 6.07) is 11.0. The van der Waals surface area contributed by atoms with E-state index in [1.165, 1.54) is 30.6 Å². The zero-order valence-electron chi connectivity index (χ0n) is 11.8. The molecule has 0 nitrogen and oxygen atoms in total. The number of rotatable bonds is 2. The van der Waals surface area contributed by atoms with Crippen LogP contribution in [0.4, 0.5) is 0 Å². The van der Waals surface area contributed by atoms with Crippen LogP contribution >= 0.6 is 11.8 Å². The van der Waals surface area contributed by atoms with E-state index < -0.39 is 0 Å². The summed E-state index contributed by atoms with van der Waals surface area (Å²) in [5, 5.41) is 0.831. The van der Waals surface area contributed by atoms with Gasteiger partial charge in [-0.15, -0.1) is 0 Å². The van der Waals surface area contributed by atoms with Crippen LogP contribution in [0.2, 0.25) is 0 Å². The van der Waals surface area contributed by atoms with Crippen molar-refractivity contribution in [2.75, 3.05) is 5.75 Å². The van der Waals surface area contributed by atoms with E-state index in [4.69, 9.17) is 0 Å². The summed E-state index contributed by atoms with van der Waals surface area (Å²) in [5.74, 6) is 2.26. The van der Waals surface area contributed by atoms with Crippen molar-refractivity contribution < 1.29 is 0 Å². The lowest BCUT2D eigenvalue weighted by atomic mass is 9.65. The summed E-state index contributed by atoms with van der Waals surface area (Å²) in [4.78, 5) is 0. The Hall–Kier alpha value is -0.430. The minimum Gasteiger partial charge on any atom is -0.157 e. The molecule has 1 heterocycles. The van der Waals surface area contributed by atoms with Gasteiger partial charge in [-0.25, -0.2) is 0 Å². The Morgan fingerprint density at radius 2 is 1.89 bits per heavy atom. The van der Waals surface area contributed by atoms with Crippen LogP contribution in [0.5, 0.6) is 0 Å². The fourth-order valence-electron chi connectivity index (χ4n) is 3.97. The van der Waals surface area contributed by atoms with Gasteiger partial charge in [0, 0.05) is 5.25 Å². The molecule has 2 bridgehead atoms. The fraction of sp³-hybridized carbons (Fsp3) is 0.647. The maximum Gasteiger partial charge on any atom is 0.0121 e. The molecule has 1 aliphatic carbocycles. The van der Waals surface area contributed by atoms with Crippen molar-refractivity contribution in [1.29, 1.82) is 0 Å². The van der Waals surface area contributed by atoms with E-state index in [0.29, 0.717) is 10.8 Å². The smallest absolute Gasteiger partial charge is 0.0121 e. The lowest BCUT2D eigenvalue weighted by Gasteiger charge is -2.49. The summed E-state index contributed by atoms with van der Waals surface area (Å²) < 4.78 is 0. The van der Waals surface area contributed by atoms with Crippen LogP contribution in [0, 0.1) is 16.7 Å². The molecule has 98 valence electrons. The average molecular weight is 260 g/mol. The standard InChI is InChI=1S/C17H24S/c1-16(2)14-9-10-17(16,3)12-18-15(14)11-13-7-5-4-6-8-13/h4-8,14-15H,9-12H2,1-3H3/t14-,15-,17+/m1/s1. The summed E-state index contributed by atoms with van der Waals surface area (Å²) in [6.45, 7) is 7.55. The van der Waals surface area contributed by atoms with E-state index in [9.17, 15) is 0 Å². The maximum atomic E-state index is 2.52. The van der Waals surface area contributed by atoms with Crippen LogP contribution in [-0.2, 0) is 6.42 Å². The summed E-state index contributed by atoms with van der Waals surface area (Å²) in [5.41, 5.74) is 2.62. The molecule has 1 aromatic rings. The molecule has 1 aliphatic heterocycles. The lowest BCUT2D eigenvalue weighted by Crippen LogP contribution is -2.44. The Balaban J connectivity index is 1.80. The number of fused-ring (bicyclic) bond motifs is 2. The first kappa shape index (κ1) is 12.6.